The molecule has 0 N–H and O–H groups in total. The van der Waals surface area contributed by atoms with E-state index in [0.717, 1.165) is 66.4 Å². The summed E-state index contributed by atoms with van der Waals surface area (Å²) < 4.78 is 117. The van der Waals surface area contributed by atoms with E-state index in [1.165, 1.54) is 6.92 Å². The van der Waals surface area contributed by atoms with Gasteiger partial charge in [-0.15, -0.1) is 0 Å². The minimum Gasteiger partial charge on any atom is -0.459 e. The molecule has 11 unspecified atom stereocenters. The molecule has 19 nitrogen and oxygen atoms in total. The first-order valence-corrected chi connectivity index (χ1v) is 42.0. The summed E-state index contributed by atoms with van der Waals surface area (Å²) >= 11 is 0. The zero-order valence-electron chi connectivity index (χ0n) is 67.3. The smallest absolute Gasteiger partial charge is 0.333 e. The Morgan fingerprint density at radius 2 is 0.664 bits per heavy atom. The highest BCUT2D eigenvalue weighted by Crippen LogP contribution is 2.46. The molecule has 119 heavy (non-hydrogen) atoms. The zero-order valence-corrected chi connectivity index (χ0v) is 68.2. The molecular weight excluding hydrogens is 1520 g/mol. The molecule has 2 heterocycles. The average Bonchev–Trinajstić information content (AvgIpc) is 1.56. The van der Waals surface area contributed by atoms with Gasteiger partial charge in [-0.05, 0) is 79.4 Å². The van der Waals surface area contributed by atoms with Crippen LogP contribution in [0, 0.1) is 0 Å². The molecule has 11 aromatic carbocycles. The van der Waals surface area contributed by atoms with Crippen molar-refractivity contribution < 1.29 is 89.5 Å². The van der Waals surface area contributed by atoms with Crippen molar-refractivity contribution in [3.8, 4) is 0 Å². The van der Waals surface area contributed by atoms with Crippen LogP contribution in [0.3, 0.4) is 0 Å². The van der Waals surface area contributed by atoms with E-state index in [4.69, 9.17) is 79.9 Å². The van der Waals surface area contributed by atoms with Gasteiger partial charge in [0.1, 0.15) is 60.7 Å². The van der Waals surface area contributed by atoms with Gasteiger partial charge in [0.15, 0.2) is 12.6 Å². The molecule has 2 aliphatic rings. The van der Waals surface area contributed by atoms with Crippen LogP contribution in [0.4, 0.5) is 0 Å². The topological polar surface area (TPSA) is 191 Å². The quantitative estimate of drug-likeness (QED) is 0.0258. The van der Waals surface area contributed by atoms with Crippen molar-refractivity contribution >= 4 is 31.1 Å². The van der Waals surface area contributed by atoms with Gasteiger partial charge in [0.25, 0.3) is 0 Å². The van der Waals surface area contributed by atoms with Crippen LogP contribution in [0.1, 0.15) is 88.2 Å². The number of ketones is 1. The predicted octanol–water partition coefficient (Wildman–Crippen LogP) is 18.7. The maximum atomic E-state index is 13.4. The van der Waals surface area contributed by atoms with Gasteiger partial charge in [-0.2, -0.15) is 0 Å². The molecule has 0 amide bonds. The summed E-state index contributed by atoms with van der Waals surface area (Å²) in [6.45, 7) is 3.75. The third-order valence-electron chi connectivity index (χ3n) is 20.3. The lowest BCUT2D eigenvalue weighted by molar-refractivity contribution is -0.207. The normalized spacial score (nSPS) is 18.4. The maximum absolute atomic E-state index is 13.4. The van der Waals surface area contributed by atoms with Crippen LogP contribution in [0.25, 0.3) is 10.8 Å². The molecule has 0 aliphatic carbocycles. The maximum Gasteiger partial charge on any atom is 0.333 e. The van der Waals surface area contributed by atoms with Gasteiger partial charge in [-0.25, -0.2) is 0 Å². The van der Waals surface area contributed by atoms with E-state index in [-0.39, 0.29) is 117 Å². The third kappa shape index (κ3) is 29.8. The Morgan fingerprint density at radius 3 is 1.08 bits per heavy atom. The van der Waals surface area contributed by atoms with Crippen LogP contribution in [-0.4, -0.2) is 125 Å². The summed E-state index contributed by atoms with van der Waals surface area (Å²) in [5.74, 6) is -0.643. The van der Waals surface area contributed by atoms with Crippen LogP contribution in [0.5, 0.6) is 0 Å². The molecule has 13 rings (SSSR count). The first-order chi connectivity index (χ1) is 58.7. The molecule has 13 atom stereocenters. The van der Waals surface area contributed by atoms with Crippen molar-refractivity contribution in [3.63, 3.8) is 0 Å². The molecule has 2 aliphatic heterocycles. The zero-order chi connectivity index (χ0) is 81.5. The van der Waals surface area contributed by atoms with Crippen molar-refractivity contribution in [1.82, 2.24) is 0 Å². The van der Waals surface area contributed by atoms with Gasteiger partial charge >= 0.3 is 14.6 Å². The van der Waals surface area contributed by atoms with E-state index in [9.17, 15) is 9.59 Å². The van der Waals surface area contributed by atoms with Gasteiger partial charge in [0.05, 0.1) is 118 Å². The first-order valence-electron chi connectivity index (χ1n) is 40.9. The fraction of sp³-hybridized carbons (Fsp3) is 0.333. The minimum atomic E-state index is -2.32. The molecule has 0 spiro atoms. The van der Waals surface area contributed by atoms with Crippen LogP contribution in [0.15, 0.2) is 315 Å². The number of fused-ring (bicyclic) bond motifs is 1. The molecule has 0 radical (unpaired) electrons. The number of hydrogen-bond donors (Lipinski definition) is 0. The lowest BCUT2D eigenvalue weighted by atomic mass is 10.1. The Hall–Kier alpha value is -9.39. The van der Waals surface area contributed by atoms with E-state index in [2.05, 4.69) is 30.3 Å². The summed E-state index contributed by atoms with van der Waals surface area (Å²) in [5.41, 5.74) is 9.45. The number of hydrogen-bond acceptors (Lipinski definition) is 19. The summed E-state index contributed by atoms with van der Waals surface area (Å²) in [6, 6.07) is 104. The van der Waals surface area contributed by atoms with E-state index in [1.807, 2.05) is 285 Å². The van der Waals surface area contributed by atoms with Crippen LogP contribution >= 0.6 is 8.60 Å². The van der Waals surface area contributed by atoms with Crippen molar-refractivity contribution in [2.45, 2.75) is 172 Å². The molecule has 622 valence electrons. The molecule has 11 aromatic rings. The van der Waals surface area contributed by atoms with Gasteiger partial charge in [0.2, 0.25) is 0 Å². The molecule has 0 saturated carbocycles. The highest BCUT2D eigenvalue weighted by molar-refractivity contribution is 7.41. The average molecular weight is 1630 g/mol. The SMILES string of the molecule is CC(=O)CCC(=O)O[C@@H]1CC(OCC(OCc2ccccc2)C(OCc2ccccc2)C(COP(OCc2ccccc2)O[C@@H]2CC(OCC(OCc3ccccc3)C(OCc3ccccc3)C(COCc3ccc4ccccc4c3)OCc3ccccc3)OC2COCc2ccccc2)OCc2ccccc2)OC1COCc1ccccc1. The number of benzene rings is 11. The van der Waals surface area contributed by atoms with E-state index < -0.39 is 88.2 Å². The number of esters is 1. The van der Waals surface area contributed by atoms with E-state index >= 15 is 0 Å². The van der Waals surface area contributed by atoms with E-state index in [1.54, 1.807) is 0 Å². The number of carbonyl (C=O) groups is 2. The Morgan fingerprint density at radius 1 is 0.328 bits per heavy atom. The number of Topliss-reactive ketones (excluding diaryl/α,β-unsaturated/α-hetero) is 1. The summed E-state index contributed by atoms with van der Waals surface area (Å²) in [6.07, 6.45) is -9.33. The third-order valence-corrected chi connectivity index (χ3v) is 21.5. The largest absolute Gasteiger partial charge is 0.459 e. The summed E-state index contributed by atoms with van der Waals surface area (Å²) in [5, 5.41) is 2.27. The lowest BCUT2D eigenvalue weighted by Crippen LogP contribution is -2.47. The minimum absolute atomic E-state index is 0.0121. The van der Waals surface area contributed by atoms with Crippen LogP contribution in [0.2, 0.25) is 0 Å². The Labute approximate surface area is 699 Å². The predicted molar refractivity (Wildman–Crippen MR) is 453 cm³/mol. The second-order valence-electron chi connectivity index (χ2n) is 29.6. The summed E-state index contributed by atoms with van der Waals surface area (Å²) in [4.78, 5) is 25.4. The van der Waals surface area contributed by atoms with Gasteiger partial charge in [0, 0.05) is 19.3 Å². The monoisotopic (exact) mass is 1630 g/mol. The van der Waals surface area contributed by atoms with Crippen LogP contribution in [-0.2, 0) is 156 Å². The fourth-order valence-electron chi connectivity index (χ4n) is 13.9. The second kappa shape index (κ2) is 48.8. The molecular formula is C99H107O19P. The van der Waals surface area contributed by atoms with Crippen molar-refractivity contribution in [2.75, 3.05) is 39.6 Å². The highest BCUT2D eigenvalue weighted by Gasteiger charge is 2.44. The second-order valence-corrected chi connectivity index (χ2v) is 30.7. The van der Waals surface area contributed by atoms with Crippen molar-refractivity contribution in [2.24, 2.45) is 0 Å². The van der Waals surface area contributed by atoms with Crippen molar-refractivity contribution in [1.29, 1.82) is 0 Å². The van der Waals surface area contributed by atoms with Gasteiger partial charge in [-0.1, -0.05) is 309 Å². The Bertz CT molecular complexity index is 4630. The summed E-state index contributed by atoms with van der Waals surface area (Å²) in [7, 11) is -2.32. The molecule has 2 fully saturated rings. The molecule has 0 aromatic heterocycles. The molecule has 0 bridgehead atoms. The number of rotatable bonds is 52. The standard InChI is InChI=1S/C99H107O19P/c1-74(100)51-54-95(101)115-87-56-96(116-89(87)68-102-58-75-31-11-2-12-32-75)109-72-93(107-63-79-39-19-6-20-40-79)99(112-66-82-45-25-9-26-46-82)94(108-64-80-41-21-7-22-42-80)73-114-119(113-67-83-47-27-10-28-48-83)118-88-57-97(117-90(88)69-103-59-76-33-13-3-14-34-76)110-71-92(106-62-78-37-17-5-18-38-78)98(111-65-81-43-23-8-24-44-81)91(105-61-77-35-15-4-16-36-77)70-104-60-84-52-53-85-49-29-30-50-86(85)55-84/h2-50,52-53,55,87-94,96-99H,51,54,56-73H2,1H3/t87-,88-,89?,90?,91?,92?,93?,94?,96?,97?,98?,99?,119?/m1/s1. The Kier molecular flexibility index (Phi) is 35.8. The Balaban J connectivity index is 0.798. The highest BCUT2D eigenvalue weighted by atomic mass is 31.2. The van der Waals surface area contributed by atoms with Crippen molar-refractivity contribution in [3.05, 3.63) is 371 Å². The van der Waals surface area contributed by atoms with Gasteiger partial charge < -0.3 is 84.7 Å². The number of ether oxygens (including phenoxy) is 14. The molecule has 20 heteroatoms. The first kappa shape index (κ1) is 87.4. The lowest BCUT2D eigenvalue weighted by Gasteiger charge is -2.34. The number of carbonyl (C=O) groups excluding carboxylic acids is 2. The van der Waals surface area contributed by atoms with E-state index in [0.29, 0.717) is 19.8 Å². The van der Waals surface area contributed by atoms with Gasteiger partial charge in [-0.3, -0.25) is 4.79 Å². The van der Waals surface area contributed by atoms with Crippen LogP contribution < -0.4 is 0 Å². The fourth-order valence-corrected chi connectivity index (χ4v) is 15.1. The molecule has 2 saturated heterocycles.